The van der Waals surface area contributed by atoms with E-state index >= 15 is 0 Å². The van der Waals surface area contributed by atoms with E-state index in [0.29, 0.717) is 5.56 Å². The first-order chi connectivity index (χ1) is 7.06. The molecule has 0 N–H and O–H groups in total. The number of carbonyl (C=O) groups excluding carboxylic acids is 1. The van der Waals surface area contributed by atoms with Crippen molar-refractivity contribution in [1.82, 2.24) is 0 Å². The minimum Gasteiger partial charge on any atom is -0.258 e. The molecule has 0 fully saturated rings. The van der Waals surface area contributed by atoms with Gasteiger partial charge in [-0.2, -0.15) is 4.99 Å². The van der Waals surface area contributed by atoms with E-state index in [1.165, 1.54) is 12.1 Å². The minimum atomic E-state index is -0.438. The molecule has 0 saturated carbocycles. The lowest BCUT2D eigenvalue weighted by Crippen LogP contribution is -1.95. The minimum absolute atomic E-state index is 0.0704. The van der Waals surface area contributed by atoms with Crippen molar-refractivity contribution in [3.8, 4) is 0 Å². The van der Waals surface area contributed by atoms with Crippen LogP contribution in [0, 0.1) is 17.0 Å². The summed E-state index contributed by atoms with van der Waals surface area (Å²) < 4.78 is 0. The Labute approximate surface area is 86.6 Å². The third-order valence-electron chi connectivity index (χ3n) is 2.15. The van der Waals surface area contributed by atoms with Gasteiger partial charge >= 0.3 is 0 Å². The van der Waals surface area contributed by atoms with Gasteiger partial charge in [0, 0.05) is 11.6 Å². The number of isocyanates is 1. The van der Waals surface area contributed by atoms with Gasteiger partial charge in [0.05, 0.1) is 11.0 Å². The zero-order valence-corrected chi connectivity index (χ0v) is 8.43. The lowest BCUT2D eigenvalue weighted by Gasteiger charge is -2.05. The van der Waals surface area contributed by atoms with Crippen LogP contribution in [0.3, 0.4) is 0 Å². The van der Waals surface area contributed by atoms with Gasteiger partial charge < -0.3 is 0 Å². The van der Waals surface area contributed by atoms with Crippen LogP contribution in [0.15, 0.2) is 23.2 Å². The molecule has 0 radical (unpaired) electrons. The van der Waals surface area contributed by atoms with Gasteiger partial charge in [0.15, 0.2) is 0 Å². The lowest BCUT2D eigenvalue weighted by molar-refractivity contribution is -0.385. The third kappa shape index (κ3) is 2.48. The molecule has 15 heavy (non-hydrogen) atoms. The normalized spacial score (nSPS) is 11.6. The highest BCUT2D eigenvalue weighted by atomic mass is 16.6. The van der Waals surface area contributed by atoms with Gasteiger partial charge in [-0.15, -0.1) is 0 Å². The Hall–Kier alpha value is -2.00. The van der Waals surface area contributed by atoms with Crippen LogP contribution in [0.2, 0.25) is 0 Å². The molecule has 78 valence electrons. The molecule has 0 aliphatic rings. The fraction of sp³-hybridized carbons (Fsp3) is 0.300. The molecule has 1 aromatic rings. The van der Waals surface area contributed by atoms with Crippen molar-refractivity contribution in [2.24, 2.45) is 4.99 Å². The molecule has 0 bridgehead atoms. The summed E-state index contributed by atoms with van der Waals surface area (Å²) in [5.41, 5.74) is 1.40. The van der Waals surface area contributed by atoms with Crippen molar-refractivity contribution in [3.05, 3.63) is 39.4 Å². The summed E-state index contributed by atoms with van der Waals surface area (Å²) >= 11 is 0. The number of nitrogens with zero attached hydrogens (tertiary/aromatic N) is 2. The molecule has 0 saturated heterocycles. The highest BCUT2D eigenvalue weighted by Crippen LogP contribution is 2.23. The number of benzene rings is 1. The monoisotopic (exact) mass is 206 g/mol. The van der Waals surface area contributed by atoms with Gasteiger partial charge in [-0.05, 0) is 25.5 Å². The Morgan fingerprint density at radius 2 is 2.20 bits per heavy atom. The van der Waals surface area contributed by atoms with E-state index in [9.17, 15) is 14.9 Å². The Balaban J connectivity index is 3.11. The highest BCUT2D eigenvalue weighted by molar-refractivity contribution is 5.43. The number of nitro groups is 1. The van der Waals surface area contributed by atoms with Crippen molar-refractivity contribution in [1.29, 1.82) is 0 Å². The number of aryl methyl sites for hydroxylation is 1. The Bertz CT molecular complexity index is 436. The third-order valence-corrected chi connectivity index (χ3v) is 2.15. The van der Waals surface area contributed by atoms with Gasteiger partial charge in [0.2, 0.25) is 6.08 Å². The first kappa shape index (κ1) is 11.1. The van der Waals surface area contributed by atoms with Crippen LogP contribution >= 0.6 is 0 Å². The van der Waals surface area contributed by atoms with Crippen LogP contribution in [-0.4, -0.2) is 11.0 Å². The number of rotatable bonds is 3. The summed E-state index contributed by atoms with van der Waals surface area (Å²) in [5, 5.41) is 10.5. The zero-order valence-electron chi connectivity index (χ0n) is 8.43. The molecule has 0 spiro atoms. The maximum absolute atomic E-state index is 10.5. The molecule has 1 aromatic carbocycles. The van der Waals surface area contributed by atoms with Gasteiger partial charge in [-0.25, -0.2) is 4.79 Å². The molecule has 0 heterocycles. The van der Waals surface area contributed by atoms with Crippen molar-refractivity contribution >= 4 is 11.8 Å². The average Bonchev–Trinajstić information content (AvgIpc) is 2.17. The standard InChI is InChI=1S/C10H10N2O3/c1-7-5-9(8(2)11-6-13)3-4-10(7)12(14)15/h3-5,8H,1-2H3. The van der Waals surface area contributed by atoms with Crippen LogP contribution in [0.25, 0.3) is 0 Å². The average molecular weight is 206 g/mol. The van der Waals surface area contributed by atoms with Crippen molar-refractivity contribution in [3.63, 3.8) is 0 Å². The van der Waals surface area contributed by atoms with Crippen LogP contribution in [0.4, 0.5) is 5.69 Å². The van der Waals surface area contributed by atoms with Crippen molar-refractivity contribution < 1.29 is 9.72 Å². The van der Waals surface area contributed by atoms with E-state index < -0.39 is 4.92 Å². The largest absolute Gasteiger partial charge is 0.272 e. The SMILES string of the molecule is Cc1cc(C(C)N=C=O)ccc1[N+](=O)[O-]. The molecule has 1 unspecified atom stereocenters. The van der Waals surface area contributed by atoms with E-state index in [1.807, 2.05) is 0 Å². The van der Waals surface area contributed by atoms with E-state index in [1.54, 1.807) is 26.0 Å². The maximum Gasteiger partial charge on any atom is 0.272 e. The van der Waals surface area contributed by atoms with E-state index in [4.69, 9.17) is 0 Å². The van der Waals surface area contributed by atoms with E-state index in [2.05, 4.69) is 4.99 Å². The Morgan fingerprint density at radius 3 is 2.67 bits per heavy atom. The highest BCUT2D eigenvalue weighted by Gasteiger charge is 2.12. The smallest absolute Gasteiger partial charge is 0.258 e. The zero-order chi connectivity index (χ0) is 11.4. The quantitative estimate of drug-likeness (QED) is 0.329. The molecule has 1 atom stereocenters. The fourth-order valence-corrected chi connectivity index (χ4v) is 1.30. The summed E-state index contributed by atoms with van der Waals surface area (Å²) in [6.45, 7) is 3.38. The second kappa shape index (κ2) is 4.48. The van der Waals surface area contributed by atoms with Crippen LogP contribution in [0.1, 0.15) is 24.1 Å². The lowest BCUT2D eigenvalue weighted by atomic mass is 10.1. The molecule has 5 nitrogen and oxygen atoms in total. The Kier molecular flexibility index (Phi) is 3.31. The fourth-order valence-electron chi connectivity index (χ4n) is 1.30. The van der Waals surface area contributed by atoms with Crippen LogP contribution in [-0.2, 0) is 4.79 Å². The van der Waals surface area contributed by atoms with E-state index in [-0.39, 0.29) is 11.7 Å². The topological polar surface area (TPSA) is 72.6 Å². The summed E-state index contributed by atoms with van der Waals surface area (Å²) in [4.78, 5) is 23.7. The molecular weight excluding hydrogens is 196 g/mol. The van der Waals surface area contributed by atoms with Gasteiger partial charge in [-0.1, -0.05) is 6.07 Å². The second-order valence-electron chi connectivity index (χ2n) is 3.20. The maximum atomic E-state index is 10.5. The summed E-state index contributed by atoms with van der Waals surface area (Å²) in [7, 11) is 0. The van der Waals surface area contributed by atoms with Crippen molar-refractivity contribution in [2.75, 3.05) is 0 Å². The first-order valence-corrected chi connectivity index (χ1v) is 4.38. The van der Waals surface area contributed by atoms with Gasteiger partial charge in [-0.3, -0.25) is 10.1 Å². The number of hydrogen-bond acceptors (Lipinski definition) is 4. The number of hydrogen-bond donors (Lipinski definition) is 0. The summed E-state index contributed by atoms with van der Waals surface area (Å²) in [5.74, 6) is 0. The molecule has 0 aliphatic carbocycles. The van der Waals surface area contributed by atoms with Gasteiger partial charge in [0.1, 0.15) is 0 Å². The first-order valence-electron chi connectivity index (χ1n) is 4.38. The second-order valence-corrected chi connectivity index (χ2v) is 3.20. The summed E-state index contributed by atoms with van der Waals surface area (Å²) in [6, 6.07) is 4.35. The molecule has 0 aliphatic heterocycles. The van der Waals surface area contributed by atoms with Crippen molar-refractivity contribution in [2.45, 2.75) is 19.9 Å². The Morgan fingerprint density at radius 1 is 1.53 bits per heavy atom. The number of nitro benzene ring substituents is 1. The van der Waals surface area contributed by atoms with Crippen LogP contribution in [0.5, 0.6) is 0 Å². The molecular formula is C10H10N2O3. The number of aliphatic imine (C=N–C) groups is 1. The molecule has 0 amide bonds. The van der Waals surface area contributed by atoms with Crippen LogP contribution < -0.4 is 0 Å². The predicted molar refractivity (Wildman–Crippen MR) is 54.4 cm³/mol. The predicted octanol–water partition coefficient (Wildman–Crippen LogP) is 2.30. The van der Waals surface area contributed by atoms with Gasteiger partial charge in [0.25, 0.3) is 5.69 Å². The molecule has 0 aromatic heterocycles. The molecule has 1 rings (SSSR count). The molecule has 5 heteroatoms. The van der Waals surface area contributed by atoms with E-state index in [0.717, 1.165) is 5.56 Å². The summed E-state index contributed by atoms with van der Waals surface area (Å²) in [6.07, 6.45) is 1.46.